The number of carbonyl (C=O) groups excluding carboxylic acids is 1. The summed E-state index contributed by atoms with van der Waals surface area (Å²) < 4.78 is 15.9. The van der Waals surface area contributed by atoms with Crippen molar-refractivity contribution < 1.29 is 19.0 Å². The highest BCUT2D eigenvalue weighted by atomic mass is 16.5. The van der Waals surface area contributed by atoms with Gasteiger partial charge in [0, 0.05) is 24.7 Å². The summed E-state index contributed by atoms with van der Waals surface area (Å²) in [5, 5.41) is 2.87. The Morgan fingerprint density at radius 1 is 1.00 bits per heavy atom. The van der Waals surface area contributed by atoms with Crippen LogP contribution in [-0.4, -0.2) is 33.3 Å². The van der Waals surface area contributed by atoms with Crippen LogP contribution in [0.3, 0.4) is 0 Å². The number of nitrogens with one attached hydrogen (secondary N) is 1. The van der Waals surface area contributed by atoms with Crippen LogP contribution in [0, 0.1) is 6.92 Å². The van der Waals surface area contributed by atoms with Gasteiger partial charge in [0.05, 0.1) is 14.2 Å². The number of amides is 1. The fourth-order valence-electron chi connectivity index (χ4n) is 2.45. The smallest absolute Gasteiger partial charge is 0.257 e. The molecule has 0 radical (unpaired) electrons. The number of hydrogen-bond donors (Lipinski definition) is 1. The molecule has 0 fully saturated rings. The molecule has 2 aromatic rings. The predicted octanol–water partition coefficient (Wildman–Crippen LogP) is 3.14. The summed E-state index contributed by atoms with van der Waals surface area (Å²) in [4.78, 5) is 11.9. The Morgan fingerprint density at radius 2 is 1.68 bits per heavy atom. The topological polar surface area (TPSA) is 56.8 Å². The van der Waals surface area contributed by atoms with Gasteiger partial charge >= 0.3 is 0 Å². The molecule has 25 heavy (non-hydrogen) atoms. The summed E-state index contributed by atoms with van der Waals surface area (Å²) in [6.07, 6.45) is 1.83. The van der Waals surface area contributed by atoms with Crippen LogP contribution in [0.2, 0.25) is 0 Å². The van der Waals surface area contributed by atoms with Gasteiger partial charge in [-0.15, -0.1) is 0 Å². The van der Waals surface area contributed by atoms with Crippen molar-refractivity contribution in [2.75, 3.05) is 27.4 Å². The molecule has 2 aromatic carbocycles. The molecule has 0 aliphatic heterocycles. The summed E-state index contributed by atoms with van der Waals surface area (Å²) in [7, 11) is 3.14. The molecule has 1 amide bonds. The fourth-order valence-corrected chi connectivity index (χ4v) is 2.45. The highest BCUT2D eigenvalue weighted by Crippen LogP contribution is 2.27. The lowest BCUT2D eigenvalue weighted by Crippen LogP contribution is -2.29. The van der Waals surface area contributed by atoms with E-state index in [0.29, 0.717) is 23.8 Å². The van der Waals surface area contributed by atoms with Gasteiger partial charge < -0.3 is 19.5 Å². The van der Waals surface area contributed by atoms with Crippen molar-refractivity contribution in [3.05, 3.63) is 53.6 Å². The molecule has 5 nitrogen and oxygen atoms in total. The molecule has 0 aliphatic carbocycles. The standard InChI is InChI=1S/C20H25NO4/c1-15-6-4-7-16(10-15)8-5-9-21-20(22)14-25-19-12-17(23-2)11-18(13-19)24-3/h4,6-7,10-13H,5,8-9,14H2,1-3H3,(H,21,22). The zero-order valence-electron chi connectivity index (χ0n) is 15.0. The minimum absolute atomic E-state index is 0.0409. The fraction of sp³-hybridized carbons (Fsp3) is 0.350. The van der Waals surface area contributed by atoms with Gasteiger partial charge in [-0.05, 0) is 25.3 Å². The molecule has 0 aliphatic rings. The first-order valence-corrected chi connectivity index (χ1v) is 8.29. The predicted molar refractivity (Wildman–Crippen MR) is 97.6 cm³/mol. The number of methoxy groups -OCH3 is 2. The first-order chi connectivity index (χ1) is 12.1. The highest BCUT2D eigenvalue weighted by molar-refractivity contribution is 5.77. The van der Waals surface area contributed by atoms with Crippen LogP contribution >= 0.6 is 0 Å². The van der Waals surface area contributed by atoms with E-state index in [1.807, 2.05) is 0 Å². The second-order valence-electron chi connectivity index (χ2n) is 5.78. The lowest BCUT2D eigenvalue weighted by molar-refractivity contribution is -0.123. The van der Waals surface area contributed by atoms with E-state index in [0.717, 1.165) is 12.8 Å². The largest absolute Gasteiger partial charge is 0.496 e. The van der Waals surface area contributed by atoms with Crippen LogP contribution < -0.4 is 19.5 Å². The van der Waals surface area contributed by atoms with Crippen molar-refractivity contribution in [1.82, 2.24) is 5.32 Å². The molecule has 0 bridgehead atoms. The van der Waals surface area contributed by atoms with Crippen LogP contribution in [0.15, 0.2) is 42.5 Å². The maximum absolute atomic E-state index is 11.9. The Balaban J connectivity index is 1.72. The van der Waals surface area contributed by atoms with Crippen molar-refractivity contribution in [1.29, 1.82) is 0 Å². The average Bonchev–Trinajstić information content (AvgIpc) is 2.63. The number of aryl methyl sites for hydroxylation is 2. The molecule has 0 saturated heterocycles. The molecule has 0 aromatic heterocycles. The quantitative estimate of drug-likeness (QED) is 0.711. The first-order valence-electron chi connectivity index (χ1n) is 8.29. The van der Waals surface area contributed by atoms with Crippen LogP contribution in [0.5, 0.6) is 17.2 Å². The molecule has 0 spiro atoms. The van der Waals surface area contributed by atoms with Gasteiger partial charge in [0.15, 0.2) is 6.61 Å². The normalized spacial score (nSPS) is 10.2. The van der Waals surface area contributed by atoms with Crippen molar-refractivity contribution in [2.45, 2.75) is 19.8 Å². The molecule has 0 heterocycles. The zero-order valence-corrected chi connectivity index (χ0v) is 15.0. The number of carbonyl (C=O) groups is 1. The minimum atomic E-state index is -0.147. The zero-order chi connectivity index (χ0) is 18.1. The van der Waals surface area contributed by atoms with Crippen LogP contribution in [0.1, 0.15) is 17.5 Å². The minimum Gasteiger partial charge on any atom is -0.496 e. The Morgan fingerprint density at radius 3 is 2.32 bits per heavy atom. The maximum atomic E-state index is 11.9. The van der Waals surface area contributed by atoms with E-state index in [1.165, 1.54) is 11.1 Å². The number of rotatable bonds is 9. The first kappa shape index (κ1) is 18.6. The van der Waals surface area contributed by atoms with Crippen molar-refractivity contribution in [2.24, 2.45) is 0 Å². The summed E-state index contributed by atoms with van der Waals surface area (Å²) >= 11 is 0. The Bertz CT molecular complexity index is 678. The monoisotopic (exact) mass is 343 g/mol. The maximum Gasteiger partial charge on any atom is 0.257 e. The molecule has 0 atom stereocenters. The Labute approximate surface area is 148 Å². The summed E-state index contributed by atoms with van der Waals surface area (Å²) in [6.45, 7) is 2.66. The van der Waals surface area contributed by atoms with E-state index < -0.39 is 0 Å². The summed E-state index contributed by atoms with van der Waals surface area (Å²) in [5.41, 5.74) is 2.54. The average molecular weight is 343 g/mol. The second kappa shape index (κ2) is 9.57. The molecular weight excluding hydrogens is 318 g/mol. The van der Waals surface area contributed by atoms with Crippen LogP contribution in [0.4, 0.5) is 0 Å². The van der Waals surface area contributed by atoms with Gasteiger partial charge in [-0.3, -0.25) is 4.79 Å². The molecule has 1 N–H and O–H groups in total. The van der Waals surface area contributed by atoms with Gasteiger partial charge in [0.25, 0.3) is 5.91 Å². The lowest BCUT2D eigenvalue weighted by Gasteiger charge is -2.10. The lowest BCUT2D eigenvalue weighted by atomic mass is 10.1. The van der Waals surface area contributed by atoms with Crippen molar-refractivity contribution in [3.63, 3.8) is 0 Å². The highest BCUT2D eigenvalue weighted by Gasteiger charge is 2.06. The summed E-state index contributed by atoms with van der Waals surface area (Å²) in [6, 6.07) is 13.6. The van der Waals surface area contributed by atoms with E-state index >= 15 is 0 Å². The molecule has 0 unspecified atom stereocenters. The number of ether oxygens (including phenoxy) is 3. The number of benzene rings is 2. The van der Waals surface area contributed by atoms with E-state index in [2.05, 4.69) is 36.5 Å². The third-order valence-electron chi connectivity index (χ3n) is 3.74. The van der Waals surface area contributed by atoms with Gasteiger partial charge in [0.2, 0.25) is 0 Å². The van der Waals surface area contributed by atoms with E-state index in [1.54, 1.807) is 32.4 Å². The van der Waals surface area contributed by atoms with Crippen molar-refractivity contribution >= 4 is 5.91 Å². The van der Waals surface area contributed by atoms with E-state index in [-0.39, 0.29) is 12.5 Å². The number of hydrogen-bond acceptors (Lipinski definition) is 4. The van der Waals surface area contributed by atoms with Crippen LogP contribution in [-0.2, 0) is 11.2 Å². The van der Waals surface area contributed by atoms with E-state index in [9.17, 15) is 4.79 Å². The third kappa shape index (κ3) is 6.37. The van der Waals surface area contributed by atoms with E-state index in [4.69, 9.17) is 14.2 Å². The molecule has 5 heteroatoms. The Kier molecular flexibility index (Phi) is 7.14. The molecular formula is C20H25NO4. The Hall–Kier alpha value is -2.69. The van der Waals surface area contributed by atoms with Crippen LogP contribution in [0.25, 0.3) is 0 Å². The summed E-state index contributed by atoms with van der Waals surface area (Å²) in [5.74, 6) is 1.62. The van der Waals surface area contributed by atoms with Gasteiger partial charge in [-0.2, -0.15) is 0 Å². The SMILES string of the molecule is COc1cc(OC)cc(OCC(=O)NCCCc2cccc(C)c2)c1. The van der Waals surface area contributed by atoms with Gasteiger partial charge in [0.1, 0.15) is 17.2 Å². The van der Waals surface area contributed by atoms with Crippen molar-refractivity contribution in [3.8, 4) is 17.2 Å². The van der Waals surface area contributed by atoms with Gasteiger partial charge in [-0.1, -0.05) is 29.8 Å². The third-order valence-corrected chi connectivity index (χ3v) is 3.74. The van der Waals surface area contributed by atoms with Gasteiger partial charge in [-0.25, -0.2) is 0 Å². The molecule has 134 valence electrons. The molecule has 0 saturated carbocycles. The second-order valence-corrected chi connectivity index (χ2v) is 5.78. The molecule has 2 rings (SSSR count).